The van der Waals surface area contributed by atoms with Crippen LogP contribution in [0.25, 0.3) is 0 Å². The molecule has 0 aliphatic rings. The fourth-order valence-corrected chi connectivity index (χ4v) is 3.24. The highest BCUT2D eigenvalue weighted by Crippen LogP contribution is 2.36. The van der Waals surface area contributed by atoms with Crippen molar-refractivity contribution in [3.8, 4) is 0 Å². The molecule has 0 aromatic rings. The quantitative estimate of drug-likeness (QED) is 0.238. The minimum atomic E-state index is -1.54. The fourth-order valence-electron chi connectivity index (χ4n) is 1.87. The Morgan fingerprint density at radius 2 is 1.32 bits per heavy atom. The van der Waals surface area contributed by atoms with Gasteiger partial charge in [-0.3, -0.25) is 0 Å². The highest BCUT2D eigenvalue weighted by molar-refractivity contribution is 8.01. The molecule has 0 saturated carbocycles. The SMILES string of the molecule is CCCCCCCCCCCCSC(O)(Cl)C(Cl)Cl. The maximum atomic E-state index is 9.60. The summed E-state index contributed by atoms with van der Waals surface area (Å²) in [6, 6.07) is 0. The van der Waals surface area contributed by atoms with E-state index < -0.39 is 9.23 Å². The van der Waals surface area contributed by atoms with E-state index >= 15 is 0 Å². The lowest BCUT2D eigenvalue weighted by atomic mass is 10.1. The number of hydrogen-bond acceptors (Lipinski definition) is 2. The molecule has 0 fully saturated rings. The fraction of sp³-hybridized carbons (Fsp3) is 1.00. The summed E-state index contributed by atoms with van der Waals surface area (Å²) >= 11 is 18.1. The van der Waals surface area contributed by atoms with Crippen molar-refractivity contribution in [1.29, 1.82) is 0 Å². The number of rotatable bonds is 13. The van der Waals surface area contributed by atoms with Crippen LogP contribution in [0.4, 0.5) is 0 Å². The van der Waals surface area contributed by atoms with Gasteiger partial charge in [0.2, 0.25) is 4.39 Å². The average Bonchev–Trinajstić information content (AvgIpc) is 2.35. The molecule has 19 heavy (non-hydrogen) atoms. The standard InChI is InChI=1S/C14H27Cl3OS/c1-2-3-4-5-6-7-8-9-10-11-12-19-14(17,18)13(15)16/h13,18H,2-12H2,1H3. The highest BCUT2D eigenvalue weighted by Gasteiger charge is 2.31. The molecule has 5 heteroatoms. The maximum Gasteiger partial charge on any atom is 0.216 e. The van der Waals surface area contributed by atoms with Crippen LogP contribution in [0.5, 0.6) is 0 Å². The third kappa shape index (κ3) is 12.6. The summed E-state index contributed by atoms with van der Waals surface area (Å²) in [5.74, 6) is 0.798. The predicted octanol–water partition coefficient (Wildman–Crippen LogP) is 6.33. The van der Waals surface area contributed by atoms with E-state index in [0.717, 1.165) is 12.2 Å². The molecular weight excluding hydrogens is 323 g/mol. The normalized spacial score (nSPS) is 14.8. The monoisotopic (exact) mass is 348 g/mol. The Balaban J connectivity index is 3.19. The highest BCUT2D eigenvalue weighted by atomic mass is 35.5. The van der Waals surface area contributed by atoms with Gasteiger partial charge in [0.25, 0.3) is 0 Å². The molecule has 0 radical (unpaired) electrons. The summed E-state index contributed by atoms with van der Waals surface area (Å²) in [7, 11) is 0. The third-order valence-electron chi connectivity index (χ3n) is 3.07. The lowest BCUT2D eigenvalue weighted by Crippen LogP contribution is -2.24. The second-order valence-corrected chi connectivity index (χ2v) is 8.16. The largest absolute Gasteiger partial charge is 0.364 e. The zero-order chi connectivity index (χ0) is 14.6. The predicted molar refractivity (Wildman–Crippen MR) is 90.6 cm³/mol. The van der Waals surface area contributed by atoms with Gasteiger partial charge < -0.3 is 5.11 Å². The van der Waals surface area contributed by atoms with E-state index in [2.05, 4.69) is 6.92 Å². The molecule has 1 atom stereocenters. The molecule has 0 amide bonds. The lowest BCUT2D eigenvalue weighted by Gasteiger charge is -2.20. The van der Waals surface area contributed by atoms with E-state index in [1.165, 1.54) is 69.5 Å². The van der Waals surface area contributed by atoms with Crippen LogP contribution in [0.2, 0.25) is 0 Å². The molecule has 0 bridgehead atoms. The molecule has 0 heterocycles. The first kappa shape index (κ1) is 20.2. The van der Waals surface area contributed by atoms with E-state index in [1.54, 1.807) is 0 Å². The molecule has 0 aliphatic carbocycles. The van der Waals surface area contributed by atoms with Crippen molar-refractivity contribution in [3.05, 3.63) is 0 Å². The van der Waals surface area contributed by atoms with Gasteiger partial charge in [-0.25, -0.2) is 0 Å². The van der Waals surface area contributed by atoms with Crippen LogP contribution < -0.4 is 0 Å². The maximum absolute atomic E-state index is 9.60. The van der Waals surface area contributed by atoms with E-state index in [4.69, 9.17) is 34.8 Å². The van der Waals surface area contributed by atoms with Gasteiger partial charge in [-0.1, -0.05) is 99.5 Å². The Kier molecular flexibility index (Phi) is 13.7. The Morgan fingerprint density at radius 1 is 0.895 bits per heavy atom. The molecule has 0 spiro atoms. The summed E-state index contributed by atoms with van der Waals surface area (Å²) in [6.45, 7) is 2.25. The number of thioether (sulfide) groups is 1. The summed E-state index contributed by atoms with van der Waals surface area (Å²) < 4.78 is -1.54. The first-order valence-corrected chi connectivity index (χ1v) is 9.57. The number of aliphatic hydroxyl groups is 1. The van der Waals surface area contributed by atoms with Crippen molar-refractivity contribution in [2.75, 3.05) is 5.75 Å². The molecule has 0 aromatic heterocycles. The van der Waals surface area contributed by atoms with Gasteiger partial charge in [0, 0.05) is 0 Å². The van der Waals surface area contributed by atoms with Crippen molar-refractivity contribution in [2.45, 2.75) is 80.4 Å². The molecule has 0 rings (SSSR count). The van der Waals surface area contributed by atoms with Crippen molar-refractivity contribution < 1.29 is 5.11 Å². The number of unbranched alkanes of at least 4 members (excludes halogenated alkanes) is 9. The van der Waals surface area contributed by atoms with Crippen molar-refractivity contribution in [1.82, 2.24) is 0 Å². The van der Waals surface area contributed by atoms with Crippen LogP contribution in [0, 0.1) is 0 Å². The number of hydrogen-bond donors (Lipinski definition) is 1. The molecule has 1 N–H and O–H groups in total. The van der Waals surface area contributed by atoms with Crippen molar-refractivity contribution in [2.24, 2.45) is 0 Å². The van der Waals surface area contributed by atoms with E-state index in [-0.39, 0.29) is 0 Å². The zero-order valence-corrected chi connectivity index (χ0v) is 14.9. The Morgan fingerprint density at radius 3 is 1.74 bits per heavy atom. The van der Waals surface area contributed by atoms with E-state index in [9.17, 15) is 5.11 Å². The average molecular weight is 350 g/mol. The van der Waals surface area contributed by atoms with Crippen LogP contribution in [-0.4, -0.2) is 20.1 Å². The van der Waals surface area contributed by atoms with Gasteiger partial charge in [-0.15, -0.1) is 11.8 Å². The molecule has 0 aromatic carbocycles. The van der Waals surface area contributed by atoms with Gasteiger partial charge in [-0.2, -0.15) is 0 Å². The summed E-state index contributed by atoms with van der Waals surface area (Å²) in [5.41, 5.74) is 0. The van der Waals surface area contributed by atoms with Gasteiger partial charge in [0.1, 0.15) is 0 Å². The first-order chi connectivity index (χ1) is 9.00. The summed E-state index contributed by atoms with van der Waals surface area (Å²) in [6.07, 6.45) is 13.0. The van der Waals surface area contributed by atoms with Crippen LogP contribution in [-0.2, 0) is 0 Å². The molecule has 1 nitrogen and oxygen atoms in total. The lowest BCUT2D eigenvalue weighted by molar-refractivity contribution is 0.237. The topological polar surface area (TPSA) is 20.2 Å². The zero-order valence-electron chi connectivity index (χ0n) is 11.8. The molecule has 116 valence electrons. The summed E-state index contributed by atoms with van der Waals surface area (Å²) in [4.78, 5) is -0.956. The van der Waals surface area contributed by atoms with Gasteiger partial charge in [-0.05, 0) is 12.2 Å². The van der Waals surface area contributed by atoms with Gasteiger partial charge >= 0.3 is 0 Å². The number of alkyl halides is 3. The Labute approximate surface area is 137 Å². The first-order valence-electron chi connectivity index (χ1n) is 7.34. The molecular formula is C14H27Cl3OS. The van der Waals surface area contributed by atoms with Crippen LogP contribution in [0.3, 0.4) is 0 Å². The molecule has 0 saturated heterocycles. The van der Waals surface area contributed by atoms with E-state index in [0.29, 0.717) is 0 Å². The van der Waals surface area contributed by atoms with E-state index in [1.807, 2.05) is 0 Å². The summed E-state index contributed by atoms with van der Waals surface area (Å²) in [5, 5.41) is 9.60. The van der Waals surface area contributed by atoms with Crippen LogP contribution in [0.1, 0.15) is 71.1 Å². The van der Waals surface area contributed by atoms with Gasteiger partial charge in [0.15, 0.2) is 4.84 Å². The molecule has 1 unspecified atom stereocenters. The van der Waals surface area contributed by atoms with Crippen molar-refractivity contribution >= 4 is 46.6 Å². The number of halogens is 3. The minimum Gasteiger partial charge on any atom is -0.364 e. The van der Waals surface area contributed by atoms with Crippen molar-refractivity contribution in [3.63, 3.8) is 0 Å². The van der Waals surface area contributed by atoms with Crippen LogP contribution in [0.15, 0.2) is 0 Å². The Hall–Kier alpha value is 1.18. The second kappa shape index (κ2) is 12.9. The van der Waals surface area contributed by atoms with Gasteiger partial charge in [0.05, 0.1) is 0 Å². The third-order valence-corrected chi connectivity index (χ3v) is 5.86. The smallest absolute Gasteiger partial charge is 0.216 e. The second-order valence-electron chi connectivity index (χ2n) is 4.94. The minimum absolute atomic E-state index is 0.798. The molecule has 0 aliphatic heterocycles. The Bertz CT molecular complexity index is 201. The van der Waals surface area contributed by atoms with Crippen LogP contribution >= 0.6 is 46.6 Å².